The van der Waals surface area contributed by atoms with Gasteiger partial charge in [-0.15, -0.1) is 12.4 Å². The minimum Gasteiger partial charge on any atom is -0.386 e. The monoisotopic (exact) mass is 248 g/mol. The maximum Gasteiger partial charge on any atom is 0.117 e. The topological polar surface area (TPSA) is 59.1 Å². The molecule has 0 aromatic heterocycles. The summed E-state index contributed by atoms with van der Waals surface area (Å²) in [6, 6.07) is 7.63. The lowest BCUT2D eigenvalue weighted by molar-refractivity contribution is 0.174. The maximum atomic E-state index is 6.94. The number of nitrogens with one attached hydrogen (secondary N) is 1. The molecule has 84 valence electrons. The summed E-state index contributed by atoms with van der Waals surface area (Å²) in [5, 5.41) is 7.67. The van der Waals surface area contributed by atoms with Gasteiger partial charge < -0.3 is 10.5 Å². The molecular weight excluding hydrogens is 235 g/mol. The van der Waals surface area contributed by atoms with Crippen LogP contribution in [-0.2, 0) is 11.2 Å². The SMILES string of the molecule is Cl.N=C(N)COCCc1cccc(Cl)c1. The lowest BCUT2D eigenvalue weighted by Gasteiger charge is -2.03. The molecule has 1 rings (SSSR count). The standard InChI is InChI=1S/C10H13ClN2O.ClH/c11-9-3-1-2-8(6-9)4-5-14-7-10(12)13;/h1-3,6H,4-5,7H2,(H3,12,13);1H. The first kappa shape index (κ1) is 14.2. The van der Waals surface area contributed by atoms with Crippen molar-refractivity contribution in [1.29, 1.82) is 5.41 Å². The fourth-order valence-electron chi connectivity index (χ4n) is 1.06. The van der Waals surface area contributed by atoms with E-state index in [0.29, 0.717) is 6.61 Å². The van der Waals surface area contributed by atoms with Gasteiger partial charge in [0.2, 0.25) is 0 Å². The van der Waals surface area contributed by atoms with Gasteiger partial charge in [-0.25, -0.2) is 0 Å². The third-order valence-corrected chi connectivity index (χ3v) is 1.92. The van der Waals surface area contributed by atoms with E-state index in [9.17, 15) is 0 Å². The van der Waals surface area contributed by atoms with Crippen molar-refractivity contribution in [3.8, 4) is 0 Å². The second-order valence-electron chi connectivity index (χ2n) is 2.96. The van der Waals surface area contributed by atoms with Crippen LogP contribution in [0, 0.1) is 5.41 Å². The maximum absolute atomic E-state index is 6.94. The zero-order chi connectivity index (χ0) is 10.4. The lowest BCUT2D eigenvalue weighted by Crippen LogP contribution is -2.18. The van der Waals surface area contributed by atoms with Gasteiger partial charge in [-0.2, -0.15) is 0 Å². The van der Waals surface area contributed by atoms with Gasteiger partial charge in [0.25, 0.3) is 0 Å². The summed E-state index contributed by atoms with van der Waals surface area (Å²) in [4.78, 5) is 0. The Kier molecular flexibility index (Phi) is 7.13. The summed E-state index contributed by atoms with van der Waals surface area (Å²) in [6.07, 6.45) is 0.786. The van der Waals surface area contributed by atoms with E-state index in [1.165, 1.54) is 0 Å². The van der Waals surface area contributed by atoms with Crippen molar-refractivity contribution in [2.24, 2.45) is 5.73 Å². The molecule has 0 aliphatic rings. The summed E-state index contributed by atoms with van der Waals surface area (Å²) >= 11 is 5.81. The molecule has 0 radical (unpaired) electrons. The second-order valence-corrected chi connectivity index (χ2v) is 3.39. The van der Waals surface area contributed by atoms with Crippen LogP contribution in [0.5, 0.6) is 0 Å². The zero-order valence-corrected chi connectivity index (χ0v) is 9.77. The summed E-state index contributed by atoms with van der Waals surface area (Å²) in [6.45, 7) is 0.750. The van der Waals surface area contributed by atoms with E-state index < -0.39 is 0 Å². The molecule has 1 aromatic rings. The molecule has 0 atom stereocenters. The molecule has 5 heteroatoms. The van der Waals surface area contributed by atoms with E-state index in [2.05, 4.69) is 0 Å². The molecule has 0 unspecified atom stereocenters. The van der Waals surface area contributed by atoms with Crippen LogP contribution in [0.4, 0.5) is 0 Å². The Morgan fingerprint density at radius 3 is 2.80 bits per heavy atom. The predicted molar refractivity (Wildman–Crippen MR) is 65.1 cm³/mol. The molecule has 15 heavy (non-hydrogen) atoms. The van der Waals surface area contributed by atoms with E-state index in [-0.39, 0.29) is 24.8 Å². The summed E-state index contributed by atoms with van der Waals surface area (Å²) in [7, 11) is 0. The predicted octanol–water partition coefficient (Wildman–Crippen LogP) is 2.26. The van der Waals surface area contributed by atoms with Crippen molar-refractivity contribution in [1.82, 2.24) is 0 Å². The summed E-state index contributed by atoms with van der Waals surface area (Å²) in [5.41, 5.74) is 6.26. The lowest BCUT2D eigenvalue weighted by atomic mass is 10.2. The minimum absolute atomic E-state index is 0. The Labute approximate surface area is 100 Å². The first-order chi connectivity index (χ1) is 6.68. The van der Waals surface area contributed by atoms with Crippen molar-refractivity contribution in [2.75, 3.05) is 13.2 Å². The van der Waals surface area contributed by atoms with E-state index in [4.69, 9.17) is 27.5 Å². The Morgan fingerprint density at radius 2 is 2.20 bits per heavy atom. The Balaban J connectivity index is 0.00000196. The molecule has 0 saturated carbocycles. The van der Waals surface area contributed by atoms with E-state index in [0.717, 1.165) is 17.0 Å². The van der Waals surface area contributed by atoms with E-state index in [1.807, 2.05) is 24.3 Å². The molecule has 0 amide bonds. The minimum atomic E-state index is 0. The third kappa shape index (κ3) is 6.33. The van der Waals surface area contributed by atoms with Crippen molar-refractivity contribution >= 4 is 29.8 Å². The number of hydrogen-bond donors (Lipinski definition) is 2. The van der Waals surface area contributed by atoms with Crippen molar-refractivity contribution in [3.63, 3.8) is 0 Å². The van der Waals surface area contributed by atoms with Gasteiger partial charge in [0.1, 0.15) is 12.4 Å². The van der Waals surface area contributed by atoms with Gasteiger partial charge in [0.05, 0.1) is 6.61 Å². The highest BCUT2D eigenvalue weighted by molar-refractivity contribution is 6.30. The molecule has 0 aliphatic carbocycles. The Bertz CT molecular complexity index is 318. The summed E-state index contributed by atoms with van der Waals surface area (Å²) in [5.74, 6) is 0.0519. The van der Waals surface area contributed by atoms with Crippen LogP contribution in [0.2, 0.25) is 5.02 Å². The van der Waals surface area contributed by atoms with Gasteiger partial charge in [0, 0.05) is 5.02 Å². The van der Waals surface area contributed by atoms with Crippen LogP contribution in [0.3, 0.4) is 0 Å². The van der Waals surface area contributed by atoms with Gasteiger partial charge in [-0.3, -0.25) is 5.41 Å². The number of ether oxygens (including phenoxy) is 1. The number of hydrogen-bond acceptors (Lipinski definition) is 2. The zero-order valence-electron chi connectivity index (χ0n) is 8.20. The fraction of sp³-hybridized carbons (Fsp3) is 0.300. The smallest absolute Gasteiger partial charge is 0.117 e. The number of halogens is 2. The molecule has 0 aliphatic heterocycles. The van der Waals surface area contributed by atoms with Crippen LogP contribution in [0.15, 0.2) is 24.3 Å². The van der Waals surface area contributed by atoms with Crippen molar-refractivity contribution in [2.45, 2.75) is 6.42 Å². The van der Waals surface area contributed by atoms with Crippen molar-refractivity contribution in [3.05, 3.63) is 34.9 Å². The second kappa shape index (κ2) is 7.51. The molecule has 0 spiro atoms. The molecule has 1 aromatic carbocycles. The Hall–Kier alpha value is -0.770. The molecule has 3 N–H and O–H groups in total. The van der Waals surface area contributed by atoms with Gasteiger partial charge in [0.15, 0.2) is 0 Å². The molecule has 0 saturated heterocycles. The van der Waals surface area contributed by atoms with Gasteiger partial charge in [-0.05, 0) is 24.1 Å². The molecule has 0 heterocycles. The van der Waals surface area contributed by atoms with Crippen LogP contribution >= 0.6 is 24.0 Å². The average Bonchev–Trinajstić information content (AvgIpc) is 2.12. The van der Waals surface area contributed by atoms with Gasteiger partial charge >= 0.3 is 0 Å². The fourth-order valence-corrected chi connectivity index (χ4v) is 1.28. The highest BCUT2D eigenvalue weighted by Crippen LogP contribution is 2.10. The largest absolute Gasteiger partial charge is 0.386 e. The number of rotatable bonds is 5. The quantitative estimate of drug-likeness (QED) is 0.477. The van der Waals surface area contributed by atoms with Gasteiger partial charge in [-0.1, -0.05) is 23.7 Å². The Morgan fingerprint density at radius 1 is 1.47 bits per heavy atom. The van der Waals surface area contributed by atoms with E-state index >= 15 is 0 Å². The molecule has 3 nitrogen and oxygen atoms in total. The third-order valence-electron chi connectivity index (χ3n) is 1.68. The number of amidine groups is 1. The number of benzene rings is 1. The molecule has 0 fully saturated rings. The van der Waals surface area contributed by atoms with Crippen LogP contribution in [0.1, 0.15) is 5.56 Å². The van der Waals surface area contributed by atoms with E-state index in [1.54, 1.807) is 0 Å². The number of nitrogens with two attached hydrogens (primary N) is 1. The highest BCUT2D eigenvalue weighted by Gasteiger charge is 1.95. The average molecular weight is 249 g/mol. The summed E-state index contributed by atoms with van der Waals surface area (Å²) < 4.78 is 5.15. The first-order valence-corrected chi connectivity index (χ1v) is 4.71. The molecule has 0 bridgehead atoms. The van der Waals surface area contributed by atoms with Crippen LogP contribution in [-0.4, -0.2) is 19.0 Å². The normalized spacial score (nSPS) is 9.40. The van der Waals surface area contributed by atoms with Crippen LogP contribution < -0.4 is 5.73 Å². The molecular formula is C10H14Cl2N2O. The van der Waals surface area contributed by atoms with Crippen molar-refractivity contribution < 1.29 is 4.74 Å². The van der Waals surface area contributed by atoms with Crippen LogP contribution in [0.25, 0.3) is 0 Å². The first-order valence-electron chi connectivity index (χ1n) is 4.33. The highest BCUT2D eigenvalue weighted by atomic mass is 35.5.